The van der Waals surface area contributed by atoms with Gasteiger partial charge in [-0.2, -0.15) is 13.2 Å². The van der Waals surface area contributed by atoms with Crippen molar-refractivity contribution in [1.29, 1.82) is 0 Å². The summed E-state index contributed by atoms with van der Waals surface area (Å²) in [6.07, 6.45) is -3.06. The van der Waals surface area contributed by atoms with Crippen molar-refractivity contribution in [3.63, 3.8) is 0 Å². The number of hydrogen-bond acceptors (Lipinski definition) is 2. The number of phenols is 1. The molecule has 6 heteroatoms. The summed E-state index contributed by atoms with van der Waals surface area (Å²) in [4.78, 5) is 6.76. The van der Waals surface area contributed by atoms with Crippen LogP contribution in [0.15, 0.2) is 24.4 Å². The van der Waals surface area contributed by atoms with Crippen LogP contribution in [0, 0.1) is 6.92 Å². The van der Waals surface area contributed by atoms with E-state index in [1.165, 1.54) is 12.3 Å². The van der Waals surface area contributed by atoms with E-state index in [0.717, 1.165) is 17.8 Å². The lowest BCUT2D eigenvalue weighted by Gasteiger charge is -2.09. The Hall–Kier alpha value is -1.98. The van der Waals surface area contributed by atoms with Crippen LogP contribution in [-0.2, 0) is 6.18 Å². The molecule has 0 saturated carbocycles. The fourth-order valence-electron chi connectivity index (χ4n) is 1.47. The van der Waals surface area contributed by atoms with Crippen molar-refractivity contribution < 1.29 is 18.3 Å². The van der Waals surface area contributed by atoms with Crippen LogP contribution < -0.4 is 0 Å². The molecule has 0 atom stereocenters. The molecule has 0 bridgehead atoms. The molecule has 1 heterocycles. The molecule has 0 aliphatic rings. The van der Waals surface area contributed by atoms with Crippen molar-refractivity contribution in [2.24, 2.45) is 0 Å². The highest BCUT2D eigenvalue weighted by molar-refractivity contribution is 5.59. The minimum absolute atomic E-state index is 0.281. The number of benzene rings is 1. The minimum atomic E-state index is -4.58. The lowest BCUT2D eigenvalue weighted by molar-refractivity contribution is -0.138. The van der Waals surface area contributed by atoms with Gasteiger partial charge >= 0.3 is 6.18 Å². The number of aromatic amines is 1. The van der Waals surface area contributed by atoms with E-state index in [2.05, 4.69) is 9.97 Å². The number of phenolic OH excluding ortho intramolecular Hbond substituents is 1. The largest absolute Gasteiger partial charge is 0.507 e. The third-order valence-electron chi connectivity index (χ3n) is 2.28. The Bertz CT molecular complexity index is 546. The molecule has 0 aliphatic carbocycles. The molecule has 1 aromatic carbocycles. The van der Waals surface area contributed by atoms with Crippen molar-refractivity contribution in [2.75, 3.05) is 0 Å². The molecule has 0 unspecified atom stereocenters. The van der Waals surface area contributed by atoms with Gasteiger partial charge in [0, 0.05) is 17.5 Å². The van der Waals surface area contributed by atoms with Crippen LogP contribution in [0.25, 0.3) is 11.4 Å². The Morgan fingerprint density at radius 2 is 2.00 bits per heavy atom. The van der Waals surface area contributed by atoms with E-state index in [4.69, 9.17) is 0 Å². The molecule has 1 aromatic heterocycles. The molecule has 0 fully saturated rings. The number of halogens is 3. The normalized spacial score (nSPS) is 11.8. The van der Waals surface area contributed by atoms with Crippen LogP contribution in [0.4, 0.5) is 13.2 Å². The molecule has 2 N–H and O–H groups in total. The first-order chi connectivity index (χ1) is 7.88. The van der Waals surface area contributed by atoms with Crippen LogP contribution in [0.2, 0.25) is 0 Å². The number of nitrogens with one attached hydrogen (secondary N) is 1. The van der Waals surface area contributed by atoms with E-state index < -0.39 is 17.5 Å². The zero-order valence-corrected chi connectivity index (χ0v) is 8.84. The molecule has 2 rings (SSSR count). The molecular weight excluding hydrogens is 233 g/mol. The second-order valence-electron chi connectivity index (χ2n) is 3.64. The van der Waals surface area contributed by atoms with Gasteiger partial charge in [0.15, 0.2) is 0 Å². The fourth-order valence-corrected chi connectivity index (χ4v) is 1.47. The summed E-state index contributed by atoms with van der Waals surface area (Å²) in [5.74, 6) is -0.447. The van der Waals surface area contributed by atoms with Crippen molar-refractivity contribution >= 4 is 0 Å². The van der Waals surface area contributed by atoms with Gasteiger partial charge in [-0.25, -0.2) is 4.98 Å². The number of rotatable bonds is 1. The number of imidazole rings is 1. The lowest BCUT2D eigenvalue weighted by Crippen LogP contribution is -2.05. The average Bonchev–Trinajstić information content (AvgIpc) is 2.64. The Morgan fingerprint density at radius 1 is 1.29 bits per heavy atom. The van der Waals surface area contributed by atoms with Crippen molar-refractivity contribution in [2.45, 2.75) is 13.1 Å². The van der Waals surface area contributed by atoms with Crippen LogP contribution in [0.5, 0.6) is 5.75 Å². The zero-order chi connectivity index (χ0) is 12.6. The monoisotopic (exact) mass is 242 g/mol. The molecule has 0 aliphatic heterocycles. The average molecular weight is 242 g/mol. The Kier molecular flexibility index (Phi) is 2.57. The maximum atomic E-state index is 12.6. The zero-order valence-electron chi connectivity index (χ0n) is 8.84. The molecular formula is C11H9F3N2O. The molecule has 17 heavy (non-hydrogen) atoms. The van der Waals surface area contributed by atoms with Gasteiger partial charge in [-0.15, -0.1) is 0 Å². The second kappa shape index (κ2) is 3.80. The number of hydrogen-bond donors (Lipinski definition) is 2. The van der Waals surface area contributed by atoms with Gasteiger partial charge in [-0.05, 0) is 25.1 Å². The molecule has 0 saturated heterocycles. The molecule has 3 nitrogen and oxygen atoms in total. The standard InChI is InChI=1S/C11H9F3N2O/c1-6-5-15-10(16-6)7-2-3-9(17)8(4-7)11(12,13)14/h2-5,17H,1H3,(H,15,16). The minimum Gasteiger partial charge on any atom is -0.507 e. The Labute approximate surface area is 94.9 Å². The third-order valence-corrected chi connectivity index (χ3v) is 2.28. The van der Waals surface area contributed by atoms with Crippen LogP contribution in [0.3, 0.4) is 0 Å². The lowest BCUT2D eigenvalue weighted by atomic mass is 10.1. The quantitative estimate of drug-likeness (QED) is 0.807. The van der Waals surface area contributed by atoms with Gasteiger partial charge in [0.05, 0.1) is 5.56 Å². The fraction of sp³-hybridized carbons (Fsp3) is 0.182. The van der Waals surface area contributed by atoms with Gasteiger partial charge in [-0.3, -0.25) is 0 Å². The number of H-pyrrole nitrogens is 1. The predicted molar refractivity (Wildman–Crippen MR) is 55.4 cm³/mol. The first kappa shape index (κ1) is 11.5. The Morgan fingerprint density at radius 3 is 2.53 bits per heavy atom. The van der Waals surface area contributed by atoms with Gasteiger partial charge in [-0.1, -0.05) is 0 Å². The molecule has 0 amide bonds. The summed E-state index contributed by atoms with van der Waals surface area (Å²) in [5, 5.41) is 9.17. The first-order valence-corrected chi connectivity index (χ1v) is 4.80. The molecule has 90 valence electrons. The van der Waals surface area contributed by atoms with Crippen molar-refractivity contribution in [1.82, 2.24) is 9.97 Å². The van der Waals surface area contributed by atoms with E-state index in [1.54, 1.807) is 6.92 Å². The van der Waals surface area contributed by atoms with E-state index in [1.807, 2.05) is 0 Å². The van der Waals surface area contributed by atoms with Gasteiger partial charge in [0.25, 0.3) is 0 Å². The number of aromatic nitrogens is 2. The van der Waals surface area contributed by atoms with Crippen molar-refractivity contribution in [3.8, 4) is 17.1 Å². The molecule has 0 spiro atoms. The number of aromatic hydroxyl groups is 1. The summed E-state index contributed by atoms with van der Waals surface area (Å²) in [7, 11) is 0. The van der Waals surface area contributed by atoms with Crippen LogP contribution >= 0.6 is 0 Å². The van der Waals surface area contributed by atoms with E-state index in [0.29, 0.717) is 5.82 Å². The highest BCUT2D eigenvalue weighted by Gasteiger charge is 2.34. The molecule has 2 aromatic rings. The number of nitrogens with zero attached hydrogens (tertiary/aromatic N) is 1. The highest BCUT2D eigenvalue weighted by Crippen LogP contribution is 2.37. The Balaban J connectivity index is 2.51. The molecule has 0 radical (unpaired) electrons. The van der Waals surface area contributed by atoms with Crippen molar-refractivity contribution in [3.05, 3.63) is 35.7 Å². The third kappa shape index (κ3) is 2.25. The van der Waals surface area contributed by atoms with Crippen LogP contribution in [0.1, 0.15) is 11.3 Å². The summed E-state index contributed by atoms with van der Waals surface area (Å²) in [6, 6.07) is 3.26. The maximum Gasteiger partial charge on any atom is 0.419 e. The van der Waals surface area contributed by atoms with Gasteiger partial charge in [0.1, 0.15) is 11.6 Å². The van der Waals surface area contributed by atoms with Crippen LogP contribution in [-0.4, -0.2) is 15.1 Å². The smallest absolute Gasteiger partial charge is 0.419 e. The SMILES string of the molecule is Cc1cnc(-c2ccc(O)c(C(F)(F)F)c2)[nH]1. The number of alkyl halides is 3. The predicted octanol–water partition coefficient (Wildman–Crippen LogP) is 3.11. The van der Waals surface area contributed by atoms with E-state index >= 15 is 0 Å². The maximum absolute atomic E-state index is 12.6. The topological polar surface area (TPSA) is 48.9 Å². The van der Waals surface area contributed by atoms with Gasteiger partial charge in [0.2, 0.25) is 0 Å². The van der Waals surface area contributed by atoms with E-state index in [-0.39, 0.29) is 5.56 Å². The number of aryl methyl sites for hydroxylation is 1. The van der Waals surface area contributed by atoms with E-state index in [9.17, 15) is 18.3 Å². The first-order valence-electron chi connectivity index (χ1n) is 4.80. The van der Waals surface area contributed by atoms with Gasteiger partial charge < -0.3 is 10.1 Å². The summed E-state index contributed by atoms with van der Waals surface area (Å²) in [6.45, 7) is 1.75. The summed E-state index contributed by atoms with van der Waals surface area (Å²) >= 11 is 0. The summed E-state index contributed by atoms with van der Waals surface area (Å²) < 4.78 is 37.7. The highest BCUT2D eigenvalue weighted by atomic mass is 19.4. The second-order valence-corrected chi connectivity index (χ2v) is 3.64. The summed E-state index contributed by atoms with van der Waals surface area (Å²) in [5.41, 5.74) is -0.0334.